The van der Waals surface area contributed by atoms with Crippen LogP contribution in [0.2, 0.25) is 0 Å². The molecule has 1 aliphatic carbocycles. The van der Waals surface area contributed by atoms with Crippen molar-refractivity contribution in [2.75, 3.05) is 6.61 Å². The number of aryl methyl sites for hydroxylation is 1. The number of pyridine rings is 1. The maximum absolute atomic E-state index is 13.3. The standard InChI is InChI=1S/C21H20F5N3O2/c1-20(22,23)31-8-7-29-17-10-13(5-6-16(17)27-18(29)12-3-4-12)14-9-15(21(24,25)26)19(30)28(2)11-14/h5-6,9-12H,3-4,7-8H2,1-2H3. The van der Waals surface area contributed by atoms with Gasteiger partial charge in [0.15, 0.2) is 0 Å². The third-order valence-corrected chi connectivity index (χ3v) is 5.21. The first-order valence-corrected chi connectivity index (χ1v) is 9.74. The molecule has 2 heterocycles. The van der Waals surface area contributed by atoms with E-state index in [-0.39, 0.29) is 24.6 Å². The summed E-state index contributed by atoms with van der Waals surface area (Å²) in [5.41, 5.74) is -0.471. The summed E-state index contributed by atoms with van der Waals surface area (Å²) in [5.74, 6) is 0.985. The smallest absolute Gasteiger partial charge is 0.325 e. The van der Waals surface area contributed by atoms with Gasteiger partial charge in [0.1, 0.15) is 11.4 Å². The number of hydrogen-bond donors (Lipinski definition) is 0. The van der Waals surface area contributed by atoms with Crippen LogP contribution in [0.5, 0.6) is 0 Å². The second-order valence-electron chi connectivity index (χ2n) is 7.81. The van der Waals surface area contributed by atoms with Crippen LogP contribution >= 0.6 is 0 Å². The molecule has 1 saturated carbocycles. The van der Waals surface area contributed by atoms with E-state index in [1.807, 2.05) is 0 Å². The summed E-state index contributed by atoms with van der Waals surface area (Å²) in [6.45, 7) is 0.560. The first-order valence-electron chi connectivity index (χ1n) is 9.74. The monoisotopic (exact) mass is 441 g/mol. The van der Waals surface area contributed by atoms with Crippen LogP contribution in [0, 0.1) is 0 Å². The zero-order valence-corrected chi connectivity index (χ0v) is 16.8. The third-order valence-electron chi connectivity index (χ3n) is 5.21. The van der Waals surface area contributed by atoms with Crippen molar-refractivity contribution in [1.29, 1.82) is 0 Å². The van der Waals surface area contributed by atoms with Gasteiger partial charge in [0.05, 0.1) is 17.6 Å². The maximum Gasteiger partial charge on any atom is 0.421 e. The molecule has 0 unspecified atom stereocenters. The number of rotatable bonds is 6. The number of fused-ring (bicyclic) bond motifs is 1. The topological polar surface area (TPSA) is 49.0 Å². The van der Waals surface area contributed by atoms with Gasteiger partial charge in [-0.2, -0.15) is 22.0 Å². The van der Waals surface area contributed by atoms with E-state index >= 15 is 0 Å². The normalized spacial score (nSPS) is 15.1. The number of hydrogen-bond acceptors (Lipinski definition) is 3. The molecule has 4 rings (SSSR count). The van der Waals surface area contributed by atoms with Gasteiger partial charge in [0.2, 0.25) is 0 Å². The van der Waals surface area contributed by atoms with E-state index < -0.39 is 23.4 Å². The van der Waals surface area contributed by atoms with Gasteiger partial charge in [0.25, 0.3) is 5.56 Å². The summed E-state index contributed by atoms with van der Waals surface area (Å²) >= 11 is 0. The highest BCUT2D eigenvalue weighted by Gasteiger charge is 2.35. The third kappa shape index (κ3) is 4.48. The Hall–Kier alpha value is -2.75. The SMILES string of the molecule is Cn1cc(-c2ccc3nc(C4CC4)n(CCOC(C)(F)F)c3c2)cc(C(F)(F)F)c1=O. The molecular weight excluding hydrogens is 421 g/mol. The lowest BCUT2D eigenvalue weighted by atomic mass is 10.0. The van der Waals surface area contributed by atoms with Crippen LogP contribution in [0.3, 0.4) is 0 Å². The summed E-state index contributed by atoms with van der Waals surface area (Å²) in [7, 11) is 1.26. The van der Waals surface area contributed by atoms with Crippen molar-refractivity contribution in [2.45, 2.75) is 44.5 Å². The molecule has 5 nitrogen and oxygen atoms in total. The van der Waals surface area contributed by atoms with Crippen molar-refractivity contribution in [3.8, 4) is 11.1 Å². The molecule has 0 amide bonds. The van der Waals surface area contributed by atoms with Crippen molar-refractivity contribution < 1.29 is 26.7 Å². The molecule has 1 aliphatic rings. The van der Waals surface area contributed by atoms with E-state index in [0.29, 0.717) is 23.5 Å². The minimum atomic E-state index is -4.78. The Morgan fingerprint density at radius 1 is 1.13 bits per heavy atom. The number of nitrogens with zero attached hydrogens (tertiary/aromatic N) is 3. The number of benzene rings is 1. The molecule has 0 bridgehead atoms. The molecule has 0 radical (unpaired) electrons. The van der Waals surface area contributed by atoms with Gasteiger partial charge in [-0.05, 0) is 42.2 Å². The fraction of sp³-hybridized carbons (Fsp3) is 0.429. The first-order chi connectivity index (χ1) is 14.4. The number of aromatic nitrogens is 3. The van der Waals surface area contributed by atoms with Gasteiger partial charge >= 0.3 is 12.3 Å². The fourth-order valence-electron chi connectivity index (χ4n) is 3.60. The Morgan fingerprint density at radius 2 is 1.84 bits per heavy atom. The molecule has 166 valence electrons. The minimum absolute atomic E-state index is 0.135. The van der Waals surface area contributed by atoms with Crippen molar-refractivity contribution in [3.05, 3.63) is 52.2 Å². The van der Waals surface area contributed by atoms with Crippen LogP contribution in [-0.4, -0.2) is 26.8 Å². The van der Waals surface area contributed by atoms with Crippen LogP contribution in [0.15, 0.2) is 35.3 Å². The molecule has 0 atom stereocenters. The van der Waals surface area contributed by atoms with Gasteiger partial charge in [-0.1, -0.05) is 6.07 Å². The molecule has 2 aromatic heterocycles. The maximum atomic E-state index is 13.3. The van der Waals surface area contributed by atoms with Crippen molar-refractivity contribution >= 4 is 11.0 Å². The van der Waals surface area contributed by atoms with Gasteiger partial charge < -0.3 is 13.9 Å². The second kappa shape index (κ2) is 7.44. The average molecular weight is 441 g/mol. The van der Waals surface area contributed by atoms with Gasteiger partial charge in [0, 0.05) is 32.6 Å². The fourth-order valence-corrected chi connectivity index (χ4v) is 3.60. The predicted octanol–water partition coefficient (Wildman–Crippen LogP) is 4.93. The molecule has 0 N–H and O–H groups in total. The van der Waals surface area contributed by atoms with Crippen LogP contribution in [0.25, 0.3) is 22.2 Å². The Bertz CT molecular complexity index is 1190. The molecular formula is C21H20F5N3O2. The summed E-state index contributed by atoms with van der Waals surface area (Å²) in [6, 6.07) is 5.80. The van der Waals surface area contributed by atoms with Crippen LogP contribution in [0.4, 0.5) is 22.0 Å². The van der Waals surface area contributed by atoms with Crippen molar-refractivity contribution in [1.82, 2.24) is 14.1 Å². The molecule has 0 saturated heterocycles. The molecule has 1 aromatic carbocycles. The van der Waals surface area contributed by atoms with E-state index in [1.54, 1.807) is 22.8 Å². The zero-order chi connectivity index (χ0) is 22.6. The summed E-state index contributed by atoms with van der Waals surface area (Å²) in [6.07, 6.45) is -4.82. The zero-order valence-electron chi connectivity index (χ0n) is 16.8. The molecule has 3 aromatic rings. The Labute approximate surface area is 174 Å². The molecule has 10 heteroatoms. The van der Waals surface area contributed by atoms with E-state index in [9.17, 15) is 26.7 Å². The number of alkyl halides is 5. The van der Waals surface area contributed by atoms with Gasteiger partial charge in [-0.25, -0.2) is 4.98 Å². The Morgan fingerprint density at radius 3 is 2.45 bits per heavy atom. The average Bonchev–Trinajstić information content (AvgIpc) is 3.44. The highest BCUT2D eigenvalue weighted by Crippen LogP contribution is 2.41. The highest BCUT2D eigenvalue weighted by atomic mass is 19.4. The minimum Gasteiger partial charge on any atom is -0.325 e. The van der Waals surface area contributed by atoms with Gasteiger partial charge in [-0.15, -0.1) is 0 Å². The van der Waals surface area contributed by atoms with Crippen LogP contribution in [0.1, 0.15) is 37.1 Å². The second-order valence-corrected chi connectivity index (χ2v) is 7.81. The van der Waals surface area contributed by atoms with Crippen LogP contribution < -0.4 is 5.56 Å². The predicted molar refractivity (Wildman–Crippen MR) is 104 cm³/mol. The molecule has 1 fully saturated rings. The van der Waals surface area contributed by atoms with Crippen LogP contribution in [-0.2, 0) is 24.5 Å². The van der Waals surface area contributed by atoms with E-state index in [0.717, 1.165) is 29.3 Å². The molecule has 0 aliphatic heterocycles. The summed E-state index contributed by atoms with van der Waals surface area (Å²) in [4.78, 5) is 16.5. The Balaban J connectivity index is 1.78. The first kappa shape index (κ1) is 21.5. The van der Waals surface area contributed by atoms with Crippen molar-refractivity contribution in [2.24, 2.45) is 7.05 Å². The largest absolute Gasteiger partial charge is 0.421 e. The number of halogens is 5. The lowest BCUT2D eigenvalue weighted by Crippen LogP contribution is -2.26. The number of ether oxygens (including phenoxy) is 1. The molecule has 0 spiro atoms. The van der Waals surface area contributed by atoms with E-state index in [4.69, 9.17) is 0 Å². The quantitative estimate of drug-likeness (QED) is 0.510. The van der Waals surface area contributed by atoms with E-state index in [1.165, 1.54) is 13.2 Å². The summed E-state index contributed by atoms with van der Waals surface area (Å²) in [5, 5.41) is 0. The Kier molecular flexibility index (Phi) is 5.15. The lowest BCUT2D eigenvalue weighted by molar-refractivity contribution is -0.225. The lowest BCUT2D eigenvalue weighted by Gasteiger charge is -2.14. The van der Waals surface area contributed by atoms with Gasteiger partial charge in [-0.3, -0.25) is 4.79 Å². The van der Waals surface area contributed by atoms with Crippen molar-refractivity contribution in [3.63, 3.8) is 0 Å². The highest BCUT2D eigenvalue weighted by molar-refractivity contribution is 5.83. The number of imidazole rings is 1. The van der Waals surface area contributed by atoms with E-state index in [2.05, 4.69) is 9.72 Å². The molecule has 31 heavy (non-hydrogen) atoms. The summed E-state index contributed by atoms with van der Waals surface area (Å²) < 4.78 is 73.2.